The third-order valence-electron chi connectivity index (χ3n) is 6.67. The number of nitrogens with one attached hydrogen (secondary N) is 1. The van der Waals surface area contributed by atoms with E-state index in [9.17, 15) is 9.59 Å². The van der Waals surface area contributed by atoms with E-state index >= 15 is 0 Å². The number of carbonyl (C=O) groups is 2. The van der Waals surface area contributed by atoms with Crippen molar-refractivity contribution in [3.63, 3.8) is 0 Å². The lowest BCUT2D eigenvalue weighted by Gasteiger charge is -2.18. The SMILES string of the molecule is Cn1c(COc2ccc(C[C@@]3(C)SC(=O)NC3=O)cc2)nc2ccc(Oc3ccc(-n4ccnc4)cc3)cc21. The minimum Gasteiger partial charge on any atom is -0.486 e. The number of benzene rings is 3. The van der Waals surface area contributed by atoms with Gasteiger partial charge in [-0.25, -0.2) is 9.97 Å². The monoisotopic (exact) mass is 539 g/mol. The quantitative estimate of drug-likeness (QED) is 0.281. The Morgan fingerprint density at radius 3 is 2.41 bits per heavy atom. The van der Waals surface area contributed by atoms with Gasteiger partial charge in [-0.2, -0.15) is 0 Å². The molecule has 0 radical (unpaired) electrons. The van der Waals surface area contributed by atoms with Crippen molar-refractivity contribution in [1.82, 2.24) is 24.4 Å². The van der Waals surface area contributed by atoms with E-state index in [-0.39, 0.29) is 11.1 Å². The average molecular weight is 540 g/mol. The molecule has 2 aromatic heterocycles. The number of aromatic nitrogens is 4. The molecule has 5 aromatic rings. The number of fused-ring (bicyclic) bond motifs is 1. The van der Waals surface area contributed by atoms with E-state index < -0.39 is 4.75 Å². The Morgan fingerprint density at radius 1 is 0.974 bits per heavy atom. The molecule has 1 atom stereocenters. The van der Waals surface area contributed by atoms with Crippen LogP contribution < -0.4 is 14.8 Å². The van der Waals surface area contributed by atoms with Crippen molar-refractivity contribution in [3.8, 4) is 22.9 Å². The van der Waals surface area contributed by atoms with Crippen LogP contribution in [0.15, 0.2) is 85.5 Å². The van der Waals surface area contributed by atoms with E-state index in [4.69, 9.17) is 14.5 Å². The van der Waals surface area contributed by atoms with E-state index in [0.717, 1.165) is 45.6 Å². The highest BCUT2D eigenvalue weighted by Gasteiger charge is 2.43. The summed E-state index contributed by atoms with van der Waals surface area (Å²) in [5, 5.41) is 2.05. The number of rotatable bonds is 8. The minimum atomic E-state index is -0.793. The van der Waals surface area contributed by atoms with Crippen LogP contribution in [0.3, 0.4) is 0 Å². The lowest BCUT2D eigenvalue weighted by atomic mass is 9.99. The highest BCUT2D eigenvalue weighted by Crippen LogP contribution is 2.35. The second-order valence-corrected chi connectivity index (χ2v) is 11.0. The van der Waals surface area contributed by atoms with Gasteiger partial charge in [0.05, 0.1) is 17.4 Å². The molecule has 0 unspecified atom stereocenters. The van der Waals surface area contributed by atoms with Gasteiger partial charge in [0, 0.05) is 31.2 Å². The Kier molecular flexibility index (Phi) is 6.32. The molecule has 1 saturated heterocycles. The number of ether oxygens (including phenoxy) is 2. The number of nitrogens with zero attached hydrogens (tertiary/aromatic N) is 4. The summed E-state index contributed by atoms with van der Waals surface area (Å²) in [5.74, 6) is 2.67. The van der Waals surface area contributed by atoms with Crippen LogP contribution in [0.2, 0.25) is 0 Å². The number of hydrogen-bond acceptors (Lipinski definition) is 7. The smallest absolute Gasteiger partial charge is 0.286 e. The molecule has 2 amide bonds. The standard InChI is InChI=1S/C29H25N5O4S/c1-29(27(35)32-28(36)39-29)16-19-3-7-21(8-4-19)37-17-26-31-24-12-11-23(15-25(24)33(26)2)38-22-9-5-20(6-10-22)34-14-13-30-18-34/h3-15,18H,16-17H2,1-2H3,(H,32,35,36)/t29-/m1/s1. The number of thioether (sulfide) groups is 1. The van der Waals surface area contributed by atoms with Crippen LogP contribution in [0.1, 0.15) is 18.3 Å². The first-order chi connectivity index (χ1) is 18.9. The Labute approximate surface area is 228 Å². The Morgan fingerprint density at radius 2 is 1.72 bits per heavy atom. The van der Waals surface area contributed by atoms with E-state index in [2.05, 4.69) is 10.3 Å². The number of hydrogen-bond donors (Lipinski definition) is 1. The number of imide groups is 1. The maximum absolute atomic E-state index is 12.1. The molecule has 39 heavy (non-hydrogen) atoms. The van der Waals surface area contributed by atoms with Gasteiger partial charge in [0.2, 0.25) is 5.91 Å². The first-order valence-electron chi connectivity index (χ1n) is 12.3. The molecule has 3 heterocycles. The van der Waals surface area contributed by atoms with E-state index in [0.29, 0.717) is 24.5 Å². The highest BCUT2D eigenvalue weighted by atomic mass is 32.2. The third kappa shape index (κ3) is 5.10. The molecule has 0 spiro atoms. The highest BCUT2D eigenvalue weighted by molar-refractivity contribution is 8.16. The van der Waals surface area contributed by atoms with Crippen LogP contribution in [0.5, 0.6) is 17.2 Å². The van der Waals surface area contributed by atoms with E-state index in [1.54, 1.807) is 19.4 Å². The molecule has 1 fully saturated rings. The normalized spacial score (nSPS) is 17.0. The zero-order valence-electron chi connectivity index (χ0n) is 21.3. The van der Waals surface area contributed by atoms with E-state index in [1.165, 1.54) is 0 Å². The first-order valence-corrected chi connectivity index (χ1v) is 13.2. The Bertz CT molecular complexity index is 1660. The van der Waals surface area contributed by atoms with E-state index in [1.807, 2.05) is 89.1 Å². The van der Waals surface area contributed by atoms with Gasteiger partial charge in [-0.05, 0) is 79.2 Å². The van der Waals surface area contributed by atoms with Crippen LogP contribution in [0.25, 0.3) is 16.7 Å². The van der Waals surface area contributed by atoms with Crippen LogP contribution in [-0.4, -0.2) is 35.0 Å². The van der Waals surface area contributed by atoms with Gasteiger partial charge in [0.15, 0.2) is 0 Å². The van der Waals surface area contributed by atoms with Gasteiger partial charge < -0.3 is 18.6 Å². The number of carbonyl (C=O) groups excluding carboxylic acids is 2. The molecule has 1 aliphatic heterocycles. The second-order valence-electron chi connectivity index (χ2n) is 9.49. The first kappa shape index (κ1) is 24.7. The van der Waals surface area contributed by atoms with Crippen molar-refractivity contribution in [2.45, 2.75) is 24.7 Å². The number of imidazole rings is 2. The Hall–Kier alpha value is -4.57. The van der Waals surface area contributed by atoms with Gasteiger partial charge in [-0.3, -0.25) is 14.9 Å². The van der Waals surface area contributed by atoms with Crippen molar-refractivity contribution in [3.05, 3.63) is 96.8 Å². The van der Waals surface area contributed by atoms with Crippen molar-refractivity contribution >= 4 is 33.9 Å². The Balaban J connectivity index is 1.10. The summed E-state index contributed by atoms with van der Waals surface area (Å²) in [7, 11) is 1.95. The van der Waals surface area contributed by atoms with Gasteiger partial charge in [0.1, 0.15) is 34.4 Å². The summed E-state index contributed by atoms with van der Waals surface area (Å²) in [4.78, 5) is 32.5. The molecule has 1 N–H and O–H groups in total. The zero-order valence-corrected chi connectivity index (χ0v) is 22.1. The molecule has 0 saturated carbocycles. The molecule has 196 valence electrons. The predicted octanol–water partition coefficient (Wildman–Crippen LogP) is 5.41. The van der Waals surface area contributed by atoms with Crippen LogP contribution in [0.4, 0.5) is 4.79 Å². The molecular weight excluding hydrogens is 514 g/mol. The molecule has 0 aliphatic carbocycles. The average Bonchev–Trinajstić information content (AvgIpc) is 3.63. The van der Waals surface area contributed by atoms with Gasteiger partial charge in [-0.15, -0.1) is 0 Å². The summed E-state index contributed by atoms with van der Waals surface area (Å²) in [5.41, 5.74) is 3.75. The minimum absolute atomic E-state index is 0.253. The van der Waals surface area contributed by atoms with Gasteiger partial charge in [0.25, 0.3) is 5.24 Å². The molecule has 3 aromatic carbocycles. The summed E-state index contributed by atoms with van der Waals surface area (Å²) < 4.78 is 15.2. The third-order valence-corrected chi connectivity index (χ3v) is 7.73. The van der Waals surface area contributed by atoms with Gasteiger partial charge in [-0.1, -0.05) is 12.1 Å². The molecular formula is C29H25N5O4S. The molecule has 0 bridgehead atoms. The van der Waals surface area contributed by atoms with Crippen LogP contribution in [-0.2, 0) is 24.9 Å². The predicted molar refractivity (Wildman–Crippen MR) is 148 cm³/mol. The fraction of sp³-hybridized carbons (Fsp3) is 0.172. The van der Waals surface area contributed by atoms with Crippen LogP contribution >= 0.6 is 11.8 Å². The maximum atomic E-state index is 12.1. The maximum Gasteiger partial charge on any atom is 0.286 e. The topological polar surface area (TPSA) is 100 Å². The fourth-order valence-corrected chi connectivity index (χ4v) is 5.44. The summed E-state index contributed by atoms with van der Waals surface area (Å²) in [6.45, 7) is 2.07. The fourth-order valence-electron chi connectivity index (χ4n) is 4.51. The van der Waals surface area contributed by atoms with Crippen molar-refractivity contribution in [1.29, 1.82) is 0 Å². The largest absolute Gasteiger partial charge is 0.486 e. The zero-order chi connectivity index (χ0) is 27.0. The lowest BCUT2D eigenvalue weighted by Crippen LogP contribution is -2.35. The molecule has 6 rings (SSSR count). The summed E-state index contributed by atoms with van der Waals surface area (Å²) in [6, 6.07) is 21.2. The van der Waals surface area contributed by atoms with Gasteiger partial charge >= 0.3 is 0 Å². The van der Waals surface area contributed by atoms with Crippen molar-refractivity contribution in [2.24, 2.45) is 7.05 Å². The van der Waals surface area contributed by atoms with Crippen molar-refractivity contribution in [2.75, 3.05) is 0 Å². The number of aryl methyl sites for hydroxylation is 1. The second kappa shape index (κ2) is 9.95. The molecule has 1 aliphatic rings. The summed E-state index contributed by atoms with van der Waals surface area (Å²) >= 11 is 1.03. The molecule has 10 heteroatoms. The van der Waals surface area contributed by atoms with Crippen molar-refractivity contribution < 1.29 is 19.1 Å². The summed E-state index contributed by atoms with van der Waals surface area (Å²) in [6.07, 6.45) is 5.85. The number of amides is 2. The lowest BCUT2D eigenvalue weighted by molar-refractivity contribution is -0.121. The van der Waals surface area contributed by atoms with Crippen LogP contribution in [0, 0.1) is 0 Å². The molecule has 9 nitrogen and oxygen atoms in total.